The van der Waals surface area contributed by atoms with Crippen molar-refractivity contribution in [1.82, 2.24) is 25.9 Å². The van der Waals surface area contributed by atoms with E-state index in [9.17, 15) is 19.2 Å². The Morgan fingerprint density at radius 1 is 1.52 bits per heavy atom. The van der Waals surface area contributed by atoms with Crippen molar-refractivity contribution < 1.29 is 14.0 Å². The van der Waals surface area contributed by atoms with Crippen LogP contribution in [-0.4, -0.2) is 38.4 Å². The van der Waals surface area contributed by atoms with E-state index in [1.807, 2.05) is 6.07 Å². The third-order valence-electron chi connectivity index (χ3n) is 4.36. The van der Waals surface area contributed by atoms with Gasteiger partial charge in [0.05, 0.1) is 11.7 Å². The maximum absolute atomic E-state index is 14.3. The van der Waals surface area contributed by atoms with E-state index >= 15 is 0 Å². The molecule has 3 rings (SSSR count). The second-order valence-electron chi connectivity index (χ2n) is 6.09. The van der Waals surface area contributed by atoms with Gasteiger partial charge in [-0.2, -0.15) is 10.5 Å². The number of tetrazole rings is 1. The minimum atomic E-state index is -0.669. The largest absolute Gasteiger partial charge is 0.360 e. The predicted molar refractivity (Wildman–Crippen MR) is 92.8 cm³/mol. The molecule has 1 aliphatic carbocycles. The van der Waals surface area contributed by atoms with Crippen molar-refractivity contribution >= 4 is 23.0 Å². The van der Waals surface area contributed by atoms with Crippen LogP contribution in [0.2, 0.25) is 0 Å². The van der Waals surface area contributed by atoms with Gasteiger partial charge in [0.15, 0.2) is 5.78 Å². The van der Waals surface area contributed by atoms with E-state index in [1.165, 1.54) is 19.2 Å². The smallest absolute Gasteiger partial charge is 0.217 e. The number of ketones is 1. The van der Waals surface area contributed by atoms with E-state index in [4.69, 9.17) is 0 Å². The molecule has 138 valence electrons. The number of carbonyl (C=O) groups excluding carboxylic acids is 2. The highest BCUT2D eigenvalue weighted by atomic mass is 19.1. The number of fused-ring (bicyclic) bond motifs is 1. The zero-order valence-electron chi connectivity index (χ0n) is 14.6. The summed E-state index contributed by atoms with van der Waals surface area (Å²) in [4.78, 5) is 24.2. The van der Waals surface area contributed by atoms with E-state index in [1.54, 1.807) is 6.92 Å². The Hall–Kier alpha value is -3.61. The number of hydrogen-bond acceptors (Lipinski definition) is 7. The van der Waals surface area contributed by atoms with Gasteiger partial charge in [-0.25, -0.2) is 4.39 Å². The van der Waals surface area contributed by atoms with Crippen LogP contribution < -0.4 is 10.6 Å². The van der Waals surface area contributed by atoms with Crippen molar-refractivity contribution in [2.45, 2.75) is 32.7 Å². The number of benzene rings is 1. The van der Waals surface area contributed by atoms with Crippen LogP contribution in [0.25, 0.3) is 5.57 Å². The van der Waals surface area contributed by atoms with Crippen LogP contribution in [-0.2, 0) is 11.2 Å². The van der Waals surface area contributed by atoms with E-state index < -0.39 is 11.9 Å². The van der Waals surface area contributed by atoms with Gasteiger partial charge in [-0.05, 0) is 42.2 Å². The lowest BCUT2D eigenvalue weighted by molar-refractivity contribution is -0.119. The highest BCUT2D eigenvalue weighted by Gasteiger charge is 2.32. The summed E-state index contributed by atoms with van der Waals surface area (Å²) < 4.78 is 14.3. The quantitative estimate of drug-likeness (QED) is 0.690. The fourth-order valence-electron chi connectivity index (χ4n) is 3.06. The predicted octanol–water partition coefficient (Wildman–Crippen LogP) is 1.26. The van der Waals surface area contributed by atoms with Crippen LogP contribution in [0, 0.1) is 24.1 Å². The van der Waals surface area contributed by atoms with Crippen molar-refractivity contribution in [3.63, 3.8) is 0 Å². The lowest BCUT2D eigenvalue weighted by Crippen LogP contribution is -2.43. The van der Waals surface area contributed by atoms with Gasteiger partial charge in [-0.1, -0.05) is 0 Å². The second kappa shape index (κ2) is 7.33. The molecule has 1 aromatic carbocycles. The topological polar surface area (TPSA) is 136 Å². The summed E-state index contributed by atoms with van der Waals surface area (Å²) in [6, 6.07) is 2.43. The molecule has 2 aromatic rings. The van der Waals surface area contributed by atoms with Gasteiger partial charge in [-0.15, -0.1) is 10.2 Å². The summed E-state index contributed by atoms with van der Waals surface area (Å²) >= 11 is 0. The number of carbonyl (C=O) groups is 2. The molecule has 0 spiro atoms. The minimum absolute atomic E-state index is 0.0557. The normalized spacial score (nSPS) is 16.4. The molecule has 0 fully saturated rings. The summed E-state index contributed by atoms with van der Waals surface area (Å²) in [5.41, 5.74) is 1.56. The maximum Gasteiger partial charge on any atom is 0.217 e. The maximum atomic E-state index is 14.3. The molecule has 9 nitrogen and oxygen atoms in total. The Labute approximate surface area is 153 Å². The second-order valence-corrected chi connectivity index (χ2v) is 6.09. The first-order chi connectivity index (χ1) is 12.9. The number of nitrogens with zero attached hydrogens (tertiary/aromatic N) is 4. The molecule has 1 amide bonds. The van der Waals surface area contributed by atoms with E-state index in [2.05, 4.69) is 31.3 Å². The molecule has 1 aromatic heterocycles. The number of allylic oxidation sites excluding steroid dienone is 1. The number of halogens is 1. The van der Waals surface area contributed by atoms with Gasteiger partial charge in [0.25, 0.3) is 0 Å². The number of H-pyrrole nitrogens is 1. The van der Waals surface area contributed by atoms with Gasteiger partial charge in [-0.3, -0.25) is 9.59 Å². The number of hydrogen-bond donors (Lipinski definition) is 3. The van der Waals surface area contributed by atoms with Crippen LogP contribution in [0.4, 0.5) is 10.1 Å². The Kier molecular flexibility index (Phi) is 4.94. The van der Waals surface area contributed by atoms with E-state index in [-0.39, 0.29) is 28.8 Å². The molecule has 1 atom stereocenters. The molecule has 0 saturated heterocycles. The first kappa shape index (κ1) is 18.2. The number of nitriles is 1. The Morgan fingerprint density at radius 3 is 2.93 bits per heavy atom. The Balaban J connectivity index is 2.02. The van der Waals surface area contributed by atoms with Gasteiger partial charge in [0.2, 0.25) is 11.7 Å². The molecule has 1 unspecified atom stereocenters. The molecule has 0 radical (unpaired) electrons. The van der Waals surface area contributed by atoms with Gasteiger partial charge < -0.3 is 10.6 Å². The average molecular weight is 369 g/mol. The van der Waals surface area contributed by atoms with E-state index in [0.717, 1.165) is 0 Å². The molecule has 0 aliphatic heterocycles. The molecular formula is C17H16FN7O2. The van der Waals surface area contributed by atoms with Crippen molar-refractivity contribution in [1.29, 1.82) is 5.26 Å². The summed E-state index contributed by atoms with van der Waals surface area (Å²) in [6.45, 7) is 2.95. The zero-order valence-corrected chi connectivity index (χ0v) is 14.6. The highest BCUT2D eigenvalue weighted by Crippen LogP contribution is 2.33. The van der Waals surface area contributed by atoms with Crippen molar-refractivity contribution in [2.75, 3.05) is 5.32 Å². The van der Waals surface area contributed by atoms with Gasteiger partial charge in [0, 0.05) is 18.7 Å². The molecule has 1 aliphatic rings. The van der Waals surface area contributed by atoms with Gasteiger partial charge in [0.1, 0.15) is 17.5 Å². The zero-order chi connectivity index (χ0) is 19.6. The molecular weight excluding hydrogens is 353 g/mol. The number of rotatable bonds is 4. The highest BCUT2D eigenvalue weighted by molar-refractivity contribution is 6.08. The first-order valence-corrected chi connectivity index (χ1v) is 8.16. The number of Topliss-reactive ketones (excluding diaryl/α,β-unsaturated/α-hetero) is 1. The Morgan fingerprint density at radius 2 is 2.30 bits per heavy atom. The van der Waals surface area contributed by atoms with Crippen LogP contribution in [0.15, 0.2) is 12.3 Å². The standard InChI is InChI=1S/C17H16FN7O2/c1-8-11-3-4-13(21-9(2)26)16(27)15(11)14(5-12(8)18)20-7-10(6-19)17-22-24-25-23-17/h5,7,13,20H,3-4H2,1-2H3,(H,21,26)(H,22,23,24,25). The molecule has 10 heteroatoms. The first-order valence-electron chi connectivity index (χ1n) is 8.16. The van der Waals surface area contributed by atoms with Crippen molar-refractivity contribution in [3.05, 3.63) is 40.6 Å². The average Bonchev–Trinajstić information content (AvgIpc) is 3.15. The summed E-state index contributed by atoms with van der Waals surface area (Å²) in [6.07, 6.45) is 2.13. The third-order valence-corrected chi connectivity index (χ3v) is 4.36. The molecule has 27 heavy (non-hydrogen) atoms. The molecule has 1 heterocycles. The molecule has 3 N–H and O–H groups in total. The van der Waals surface area contributed by atoms with Crippen LogP contribution >= 0.6 is 0 Å². The summed E-state index contributed by atoms with van der Waals surface area (Å²) in [5, 5.41) is 27.7. The van der Waals surface area contributed by atoms with Crippen molar-refractivity contribution in [2.24, 2.45) is 0 Å². The summed E-state index contributed by atoms with van der Waals surface area (Å²) in [7, 11) is 0. The van der Waals surface area contributed by atoms with Crippen LogP contribution in [0.3, 0.4) is 0 Å². The number of amides is 1. The Bertz CT molecular complexity index is 976. The molecule has 0 saturated carbocycles. The SMILES string of the molecule is CC(=O)NC1CCc2c(C)c(F)cc(NC=C(C#N)c3nn[nH]n3)c2C1=O. The summed E-state index contributed by atoms with van der Waals surface area (Å²) in [5.74, 6) is -1.01. The monoisotopic (exact) mass is 369 g/mol. The lowest BCUT2D eigenvalue weighted by Gasteiger charge is -2.27. The number of nitrogens with one attached hydrogen (secondary N) is 3. The fraction of sp³-hybridized carbons (Fsp3) is 0.294. The number of aromatic amines is 1. The van der Waals surface area contributed by atoms with Gasteiger partial charge >= 0.3 is 0 Å². The van der Waals surface area contributed by atoms with Crippen LogP contribution in [0.1, 0.15) is 40.7 Å². The van der Waals surface area contributed by atoms with E-state index in [0.29, 0.717) is 29.5 Å². The minimum Gasteiger partial charge on any atom is -0.360 e. The fourth-order valence-corrected chi connectivity index (χ4v) is 3.06. The number of anilines is 1. The van der Waals surface area contributed by atoms with Crippen molar-refractivity contribution in [3.8, 4) is 6.07 Å². The van der Waals surface area contributed by atoms with Crippen LogP contribution in [0.5, 0.6) is 0 Å². The number of aromatic nitrogens is 4. The third kappa shape index (κ3) is 3.52. The lowest BCUT2D eigenvalue weighted by atomic mass is 9.83. The molecule has 0 bridgehead atoms.